The molecule has 4 nitrogen and oxygen atoms in total. The Balaban J connectivity index is 2.31. The predicted molar refractivity (Wildman–Crippen MR) is 75.4 cm³/mol. The van der Waals surface area contributed by atoms with E-state index in [0.717, 1.165) is 27.3 Å². The van der Waals surface area contributed by atoms with Gasteiger partial charge < -0.3 is 5.73 Å². The van der Waals surface area contributed by atoms with Gasteiger partial charge >= 0.3 is 0 Å². The first kappa shape index (κ1) is 11.2. The molecule has 18 heavy (non-hydrogen) atoms. The van der Waals surface area contributed by atoms with E-state index in [-0.39, 0.29) is 0 Å². The lowest BCUT2D eigenvalue weighted by molar-refractivity contribution is 0.836. The van der Waals surface area contributed by atoms with Gasteiger partial charge in [0.15, 0.2) is 0 Å². The molecular weight excluding hydrogens is 244 g/mol. The molecule has 0 bridgehead atoms. The Hall–Kier alpha value is -1.88. The molecule has 3 aromatic rings. The van der Waals surface area contributed by atoms with Crippen molar-refractivity contribution in [2.45, 2.75) is 20.8 Å². The zero-order chi connectivity index (χ0) is 12.9. The van der Waals surface area contributed by atoms with Crippen LogP contribution in [0.1, 0.15) is 17.0 Å². The zero-order valence-electron chi connectivity index (χ0n) is 10.6. The molecule has 0 radical (unpaired) electrons. The van der Waals surface area contributed by atoms with Crippen molar-refractivity contribution in [2.75, 3.05) is 5.73 Å². The average Bonchev–Trinajstić information content (AvgIpc) is 2.92. The van der Waals surface area contributed by atoms with Crippen LogP contribution >= 0.6 is 11.3 Å². The Morgan fingerprint density at radius 2 is 2.00 bits per heavy atom. The summed E-state index contributed by atoms with van der Waals surface area (Å²) in [6, 6.07) is 4.05. The van der Waals surface area contributed by atoms with Gasteiger partial charge in [-0.1, -0.05) is 0 Å². The standard InChI is InChI=1S/C13H14N4S/c1-7-8(2)16-17(9(7)3)10-4-5-11-13(12(10)14)15-6-18-11/h4-6H,14H2,1-3H3. The van der Waals surface area contributed by atoms with E-state index in [1.54, 1.807) is 11.3 Å². The van der Waals surface area contributed by atoms with E-state index in [9.17, 15) is 0 Å². The van der Waals surface area contributed by atoms with Crippen LogP contribution in [0, 0.1) is 20.8 Å². The summed E-state index contributed by atoms with van der Waals surface area (Å²) in [7, 11) is 0. The molecule has 0 aliphatic heterocycles. The van der Waals surface area contributed by atoms with Crippen molar-refractivity contribution in [2.24, 2.45) is 0 Å². The van der Waals surface area contributed by atoms with Gasteiger partial charge in [-0.2, -0.15) is 5.10 Å². The monoisotopic (exact) mass is 258 g/mol. The highest BCUT2D eigenvalue weighted by Crippen LogP contribution is 2.30. The Morgan fingerprint density at radius 3 is 2.67 bits per heavy atom. The minimum absolute atomic E-state index is 0.694. The van der Waals surface area contributed by atoms with Gasteiger partial charge in [-0.3, -0.25) is 0 Å². The van der Waals surface area contributed by atoms with Gasteiger partial charge in [-0.05, 0) is 38.5 Å². The van der Waals surface area contributed by atoms with E-state index < -0.39 is 0 Å². The van der Waals surface area contributed by atoms with Crippen molar-refractivity contribution in [3.05, 3.63) is 34.6 Å². The third-order valence-electron chi connectivity index (χ3n) is 3.40. The van der Waals surface area contributed by atoms with Crippen LogP contribution in [0.25, 0.3) is 15.9 Å². The maximum absolute atomic E-state index is 6.21. The Bertz CT molecular complexity index is 739. The number of aromatic nitrogens is 3. The van der Waals surface area contributed by atoms with Gasteiger partial charge in [0, 0.05) is 5.69 Å². The summed E-state index contributed by atoms with van der Waals surface area (Å²) in [6.45, 7) is 6.14. The second-order valence-electron chi connectivity index (χ2n) is 4.41. The van der Waals surface area contributed by atoms with Crippen LogP contribution in [0.2, 0.25) is 0 Å². The molecule has 2 N–H and O–H groups in total. The van der Waals surface area contributed by atoms with E-state index in [1.807, 2.05) is 29.2 Å². The number of hydrogen-bond donors (Lipinski definition) is 1. The van der Waals surface area contributed by atoms with Crippen LogP contribution < -0.4 is 5.73 Å². The molecule has 2 aromatic heterocycles. The lowest BCUT2D eigenvalue weighted by atomic mass is 10.2. The molecule has 2 heterocycles. The van der Waals surface area contributed by atoms with Crippen LogP contribution in [0.4, 0.5) is 5.69 Å². The minimum Gasteiger partial charge on any atom is -0.395 e. The van der Waals surface area contributed by atoms with Gasteiger partial charge in [0.1, 0.15) is 5.52 Å². The van der Waals surface area contributed by atoms with E-state index in [2.05, 4.69) is 23.9 Å². The summed E-state index contributed by atoms with van der Waals surface area (Å²) < 4.78 is 3.01. The number of nitrogen functional groups attached to an aromatic ring is 1. The molecule has 0 aliphatic carbocycles. The van der Waals surface area contributed by atoms with Gasteiger partial charge in [-0.25, -0.2) is 9.67 Å². The fourth-order valence-electron chi connectivity index (χ4n) is 2.08. The third kappa shape index (κ3) is 1.44. The molecule has 5 heteroatoms. The van der Waals surface area contributed by atoms with Crippen molar-refractivity contribution in [3.8, 4) is 5.69 Å². The van der Waals surface area contributed by atoms with E-state index in [1.165, 1.54) is 5.56 Å². The molecule has 0 spiro atoms. The topological polar surface area (TPSA) is 56.7 Å². The molecule has 0 unspecified atom stereocenters. The molecular formula is C13H14N4S. The zero-order valence-corrected chi connectivity index (χ0v) is 11.4. The van der Waals surface area contributed by atoms with Crippen LogP contribution in [0.5, 0.6) is 0 Å². The van der Waals surface area contributed by atoms with Crippen LogP contribution in [-0.4, -0.2) is 14.8 Å². The highest BCUT2D eigenvalue weighted by Gasteiger charge is 2.13. The fraction of sp³-hybridized carbons (Fsp3) is 0.231. The first-order chi connectivity index (χ1) is 8.59. The molecule has 92 valence electrons. The molecule has 0 atom stereocenters. The fourth-order valence-corrected chi connectivity index (χ4v) is 2.77. The van der Waals surface area contributed by atoms with Crippen LogP contribution in [0.15, 0.2) is 17.6 Å². The Morgan fingerprint density at radius 1 is 1.22 bits per heavy atom. The van der Waals surface area contributed by atoms with E-state index in [0.29, 0.717) is 5.69 Å². The second-order valence-corrected chi connectivity index (χ2v) is 5.29. The first-order valence-corrected chi connectivity index (χ1v) is 6.62. The molecule has 0 amide bonds. The van der Waals surface area contributed by atoms with Crippen molar-refractivity contribution >= 4 is 27.2 Å². The lowest BCUT2D eigenvalue weighted by Crippen LogP contribution is -2.04. The van der Waals surface area contributed by atoms with Gasteiger partial charge in [0.05, 0.1) is 27.3 Å². The summed E-state index contributed by atoms with van der Waals surface area (Å²) in [5, 5.41) is 4.54. The molecule has 0 saturated heterocycles. The maximum atomic E-state index is 6.21. The number of benzene rings is 1. The number of anilines is 1. The summed E-state index contributed by atoms with van der Waals surface area (Å²) in [5.41, 5.74) is 13.8. The number of rotatable bonds is 1. The molecule has 0 saturated carbocycles. The van der Waals surface area contributed by atoms with Gasteiger partial charge in [0.2, 0.25) is 0 Å². The van der Waals surface area contributed by atoms with Crippen LogP contribution in [-0.2, 0) is 0 Å². The molecule has 0 aliphatic rings. The normalized spacial score (nSPS) is 11.3. The van der Waals surface area contributed by atoms with E-state index >= 15 is 0 Å². The lowest BCUT2D eigenvalue weighted by Gasteiger charge is -2.08. The highest BCUT2D eigenvalue weighted by molar-refractivity contribution is 7.16. The second kappa shape index (κ2) is 3.81. The number of thiazole rings is 1. The first-order valence-electron chi connectivity index (χ1n) is 5.74. The smallest absolute Gasteiger partial charge is 0.106 e. The number of fused-ring (bicyclic) bond motifs is 1. The number of nitrogens with zero attached hydrogens (tertiary/aromatic N) is 3. The highest BCUT2D eigenvalue weighted by atomic mass is 32.1. The largest absolute Gasteiger partial charge is 0.395 e. The Labute approximate surface area is 109 Å². The van der Waals surface area contributed by atoms with Crippen molar-refractivity contribution in [1.29, 1.82) is 0 Å². The van der Waals surface area contributed by atoms with Crippen molar-refractivity contribution in [1.82, 2.24) is 14.8 Å². The average molecular weight is 258 g/mol. The molecule has 0 fully saturated rings. The summed E-state index contributed by atoms with van der Waals surface area (Å²) in [4.78, 5) is 4.32. The Kier molecular flexibility index (Phi) is 2.38. The van der Waals surface area contributed by atoms with Crippen molar-refractivity contribution in [3.63, 3.8) is 0 Å². The van der Waals surface area contributed by atoms with Gasteiger partial charge in [-0.15, -0.1) is 11.3 Å². The van der Waals surface area contributed by atoms with Crippen molar-refractivity contribution < 1.29 is 0 Å². The maximum Gasteiger partial charge on any atom is 0.106 e. The van der Waals surface area contributed by atoms with Gasteiger partial charge in [0.25, 0.3) is 0 Å². The molecule has 1 aromatic carbocycles. The number of aryl methyl sites for hydroxylation is 1. The predicted octanol–water partition coefficient (Wildman–Crippen LogP) is 2.99. The molecule has 3 rings (SSSR count). The third-order valence-corrected chi connectivity index (χ3v) is 4.19. The number of hydrogen-bond acceptors (Lipinski definition) is 4. The summed E-state index contributed by atoms with van der Waals surface area (Å²) in [5.74, 6) is 0. The minimum atomic E-state index is 0.694. The summed E-state index contributed by atoms with van der Waals surface area (Å²) >= 11 is 1.60. The van der Waals surface area contributed by atoms with E-state index in [4.69, 9.17) is 5.73 Å². The van der Waals surface area contributed by atoms with Crippen LogP contribution in [0.3, 0.4) is 0 Å². The quantitative estimate of drug-likeness (QED) is 0.683. The SMILES string of the molecule is Cc1nn(-c2ccc3scnc3c2N)c(C)c1C. The number of nitrogens with two attached hydrogens (primary N) is 1. The summed E-state index contributed by atoms with van der Waals surface area (Å²) in [6.07, 6.45) is 0.